The number of amides is 1. The summed E-state index contributed by atoms with van der Waals surface area (Å²) >= 11 is 0. The van der Waals surface area contributed by atoms with E-state index in [9.17, 15) is 18.0 Å². The minimum Gasteiger partial charge on any atom is -0.368 e. The van der Waals surface area contributed by atoms with Gasteiger partial charge in [-0.3, -0.25) is 9.48 Å². The fourth-order valence-electron chi connectivity index (χ4n) is 3.82. The summed E-state index contributed by atoms with van der Waals surface area (Å²) in [5.74, 6) is -0.758. The summed E-state index contributed by atoms with van der Waals surface area (Å²) in [5.41, 5.74) is 8.59. The van der Waals surface area contributed by atoms with Gasteiger partial charge in [-0.25, -0.2) is 9.97 Å². The Morgan fingerprint density at radius 2 is 1.97 bits per heavy atom. The lowest BCUT2D eigenvalue weighted by molar-refractivity contribution is -0.137. The van der Waals surface area contributed by atoms with Crippen molar-refractivity contribution in [1.82, 2.24) is 19.7 Å². The number of aryl methyl sites for hydroxylation is 2. The number of halogens is 3. The standard InChI is InChI=1S/C24H23F3N6O/c1-4-14-8-16(9-17-12-29-23(28)31-21(14)17)19-11-20(32-33(19)3)30-22(34)13(2)15-6-5-7-18(10-15)24(25,26)27/h5-13H,4H2,1-3H3,(H2,28,29,31)(H,30,32,34). The average Bonchev–Trinajstić information content (AvgIpc) is 3.17. The number of benzene rings is 2. The molecule has 2 aromatic heterocycles. The number of hydrogen-bond donors (Lipinski definition) is 2. The lowest BCUT2D eigenvalue weighted by Crippen LogP contribution is -2.19. The SMILES string of the molecule is CCc1cc(-c2cc(NC(=O)C(C)c3cccc(C(F)(F)F)c3)nn2C)cc2cnc(N)nc12. The Morgan fingerprint density at radius 1 is 1.21 bits per heavy atom. The van der Waals surface area contributed by atoms with Crippen molar-refractivity contribution in [3.63, 3.8) is 0 Å². The van der Waals surface area contributed by atoms with E-state index >= 15 is 0 Å². The van der Waals surface area contributed by atoms with Crippen LogP contribution in [0, 0.1) is 0 Å². The van der Waals surface area contributed by atoms with Gasteiger partial charge in [-0.1, -0.05) is 25.1 Å². The molecular weight excluding hydrogens is 445 g/mol. The molecule has 1 atom stereocenters. The highest BCUT2D eigenvalue weighted by molar-refractivity contribution is 5.95. The molecule has 0 aliphatic heterocycles. The first-order valence-corrected chi connectivity index (χ1v) is 10.6. The Balaban J connectivity index is 1.60. The number of nitrogens with one attached hydrogen (secondary N) is 1. The third-order valence-electron chi connectivity index (χ3n) is 5.70. The van der Waals surface area contributed by atoms with Crippen LogP contribution < -0.4 is 11.1 Å². The summed E-state index contributed by atoms with van der Waals surface area (Å²) in [5, 5.41) is 7.90. The Labute approximate surface area is 193 Å². The fraction of sp³-hybridized carbons (Fsp3) is 0.250. The summed E-state index contributed by atoms with van der Waals surface area (Å²) in [6, 6.07) is 10.4. The third kappa shape index (κ3) is 4.57. The zero-order valence-electron chi connectivity index (χ0n) is 18.8. The highest BCUT2D eigenvalue weighted by Crippen LogP contribution is 2.32. The summed E-state index contributed by atoms with van der Waals surface area (Å²) < 4.78 is 40.7. The van der Waals surface area contributed by atoms with Gasteiger partial charge in [0, 0.05) is 30.3 Å². The first-order valence-electron chi connectivity index (χ1n) is 10.6. The highest BCUT2D eigenvalue weighted by atomic mass is 19.4. The molecule has 0 bridgehead atoms. The number of carbonyl (C=O) groups is 1. The predicted octanol–water partition coefficient (Wildman–Crippen LogP) is 4.94. The minimum absolute atomic E-state index is 0.204. The van der Waals surface area contributed by atoms with Crippen molar-refractivity contribution >= 4 is 28.6 Å². The largest absolute Gasteiger partial charge is 0.416 e. The Bertz CT molecular complexity index is 1380. The zero-order valence-corrected chi connectivity index (χ0v) is 18.8. The number of alkyl halides is 3. The molecule has 0 radical (unpaired) electrons. The maximum atomic E-state index is 13.0. The van der Waals surface area contributed by atoms with Gasteiger partial charge in [0.25, 0.3) is 0 Å². The average molecular weight is 468 g/mol. The molecular formula is C24H23F3N6O. The van der Waals surface area contributed by atoms with Crippen molar-refractivity contribution in [2.24, 2.45) is 7.05 Å². The summed E-state index contributed by atoms with van der Waals surface area (Å²) in [6.07, 6.45) is -2.08. The number of nitrogens with two attached hydrogens (primary N) is 1. The second-order valence-electron chi connectivity index (χ2n) is 8.03. The Morgan fingerprint density at radius 3 is 2.68 bits per heavy atom. The van der Waals surface area contributed by atoms with Gasteiger partial charge < -0.3 is 11.1 Å². The molecule has 0 spiro atoms. The molecule has 0 saturated heterocycles. The lowest BCUT2D eigenvalue weighted by atomic mass is 9.98. The fourth-order valence-corrected chi connectivity index (χ4v) is 3.82. The van der Waals surface area contributed by atoms with Crippen molar-refractivity contribution in [3.05, 3.63) is 65.4 Å². The molecule has 34 heavy (non-hydrogen) atoms. The van der Waals surface area contributed by atoms with E-state index in [-0.39, 0.29) is 11.5 Å². The zero-order chi connectivity index (χ0) is 24.6. The molecule has 2 aromatic carbocycles. The maximum absolute atomic E-state index is 13.0. The van der Waals surface area contributed by atoms with Crippen LogP contribution in [0.25, 0.3) is 22.2 Å². The quantitative estimate of drug-likeness (QED) is 0.433. The van der Waals surface area contributed by atoms with Crippen LogP contribution in [0.3, 0.4) is 0 Å². The van der Waals surface area contributed by atoms with E-state index in [4.69, 9.17) is 5.73 Å². The summed E-state index contributed by atoms with van der Waals surface area (Å²) in [4.78, 5) is 21.2. The van der Waals surface area contributed by atoms with E-state index in [2.05, 4.69) is 20.4 Å². The first kappa shape index (κ1) is 23.2. The van der Waals surface area contributed by atoms with Gasteiger partial charge in [-0.15, -0.1) is 0 Å². The molecule has 4 rings (SSSR count). The number of nitrogen functional groups attached to an aromatic ring is 1. The number of anilines is 2. The summed E-state index contributed by atoms with van der Waals surface area (Å²) in [6.45, 7) is 3.57. The second kappa shape index (κ2) is 8.77. The molecule has 2 heterocycles. The second-order valence-corrected chi connectivity index (χ2v) is 8.03. The first-order chi connectivity index (χ1) is 16.1. The number of fused-ring (bicyclic) bond motifs is 1. The molecule has 4 aromatic rings. The van der Waals surface area contributed by atoms with Crippen LogP contribution in [0.15, 0.2) is 48.7 Å². The highest BCUT2D eigenvalue weighted by Gasteiger charge is 2.31. The molecule has 0 fully saturated rings. The molecule has 176 valence electrons. The van der Waals surface area contributed by atoms with Crippen LogP contribution in [0.2, 0.25) is 0 Å². The molecule has 10 heteroatoms. The van der Waals surface area contributed by atoms with Crippen LogP contribution in [0.1, 0.15) is 36.5 Å². The van der Waals surface area contributed by atoms with Gasteiger partial charge in [0.15, 0.2) is 5.82 Å². The van der Waals surface area contributed by atoms with Crippen molar-refractivity contribution in [3.8, 4) is 11.3 Å². The Hall–Kier alpha value is -3.95. The monoisotopic (exact) mass is 468 g/mol. The smallest absolute Gasteiger partial charge is 0.368 e. The molecule has 1 unspecified atom stereocenters. The topological polar surface area (TPSA) is 98.7 Å². The van der Waals surface area contributed by atoms with E-state index in [1.54, 1.807) is 30.9 Å². The molecule has 1 amide bonds. The molecule has 0 aliphatic rings. The van der Waals surface area contributed by atoms with Crippen LogP contribution in [0.4, 0.5) is 24.9 Å². The van der Waals surface area contributed by atoms with Crippen LogP contribution in [0.5, 0.6) is 0 Å². The van der Waals surface area contributed by atoms with Gasteiger partial charge in [0.2, 0.25) is 11.9 Å². The number of aromatic nitrogens is 4. The molecule has 7 nitrogen and oxygen atoms in total. The van der Waals surface area contributed by atoms with Gasteiger partial charge >= 0.3 is 6.18 Å². The number of rotatable bonds is 5. The third-order valence-corrected chi connectivity index (χ3v) is 5.70. The molecule has 0 saturated carbocycles. The summed E-state index contributed by atoms with van der Waals surface area (Å²) in [7, 11) is 1.75. The molecule has 0 aliphatic carbocycles. The van der Waals surface area contributed by atoms with Gasteiger partial charge in [-0.05, 0) is 42.7 Å². The lowest BCUT2D eigenvalue weighted by Gasteiger charge is -2.13. The van der Waals surface area contributed by atoms with E-state index in [1.165, 1.54) is 12.1 Å². The van der Waals surface area contributed by atoms with Crippen molar-refractivity contribution in [2.45, 2.75) is 32.4 Å². The predicted molar refractivity (Wildman–Crippen MR) is 124 cm³/mol. The molecule has 3 N–H and O–H groups in total. The van der Waals surface area contributed by atoms with Gasteiger partial charge in [0.05, 0.1) is 22.7 Å². The van der Waals surface area contributed by atoms with Crippen molar-refractivity contribution in [2.75, 3.05) is 11.1 Å². The van der Waals surface area contributed by atoms with Gasteiger partial charge in [-0.2, -0.15) is 18.3 Å². The number of hydrogen-bond acceptors (Lipinski definition) is 5. The minimum atomic E-state index is -4.48. The van der Waals surface area contributed by atoms with E-state index in [1.807, 2.05) is 19.1 Å². The normalized spacial score (nSPS) is 12.6. The maximum Gasteiger partial charge on any atom is 0.416 e. The van der Waals surface area contributed by atoms with Gasteiger partial charge in [0.1, 0.15) is 0 Å². The van der Waals surface area contributed by atoms with E-state index in [0.717, 1.165) is 46.3 Å². The van der Waals surface area contributed by atoms with Crippen LogP contribution in [-0.4, -0.2) is 25.7 Å². The Kier molecular flexibility index (Phi) is 5.99. The van der Waals surface area contributed by atoms with E-state index < -0.39 is 23.6 Å². The number of carbonyl (C=O) groups excluding carboxylic acids is 1. The number of nitrogens with zero attached hydrogens (tertiary/aromatic N) is 4. The van der Waals surface area contributed by atoms with Crippen molar-refractivity contribution < 1.29 is 18.0 Å². The van der Waals surface area contributed by atoms with E-state index in [0.29, 0.717) is 5.82 Å². The van der Waals surface area contributed by atoms with Crippen molar-refractivity contribution in [1.29, 1.82) is 0 Å². The van der Waals surface area contributed by atoms with Crippen LogP contribution in [-0.2, 0) is 24.4 Å². The van der Waals surface area contributed by atoms with Crippen LogP contribution >= 0.6 is 0 Å².